The molecule has 2 aromatic carbocycles. The Balaban J connectivity index is 1.07. The number of nitriles is 1. The lowest BCUT2D eigenvalue weighted by Crippen LogP contribution is -2.31. The van der Waals surface area contributed by atoms with Gasteiger partial charge in [-0.2, -0.15) is 10.2 Å². The summed E-state index contributed by atoms with van der Waals surface area (Å²) in [6.45, 7) is 6.41. The second-order valence-corrected chi connectivity index (χ2v) is 15.2. The minimum Gasteiger partial charge on any atom is -0.481 e. The summed E-state index contributed by atoms with van der Waals surface area (Å²) in [5.41, 5.74) is 8.86. The fraction of sp³-hybridized carbons (Fsp3) is 0.405. The molecular formula is C42H44ClN7O6. The molecule has 0 spiro atoms. The summed E-state index contributed by atoms with van der Waals surface area (Å²) in [5.74, 6) is 0.0574. The van der Waals surface area contributed by atoms with E-state index in [9.17, 15) is 20.3 Å². The molecule has 13 nitrogen and oxygen atoms in total. The van der Waals surface area contributed by atoms with Crippen molar-refractivity contribution in [3.05, 3.63) is 87.0 Å². The first-order valence-corrected chi connectivity index (χ1v) is 19.4. The molecule has 5 aromatic rings. The van der Waals surface area contributed by atoms with E-state index < -0.39 is 5.97 Å². The molecule has 3 aromatic heterocycles. The van der Waals surface area contributed by atoms with Crippen LogP contribution < -0.4 is 15.0 Å². The molecule has 1 aliphatic carbocycles. The largest absolute Gasteiger partial charge is 0.481 e. The second-order valence-electron chi connectivity index (χ2n) is 14.8. The second kappa shape index (κ2) is 15.7. The Kier molecular flexibility index (Phi) is 10.6. The number of nitrogens with zero attached hydrogens (tertiary/aromatic N) is 7. The van der Waals surface area contributed by atoms with Crippen molar-refractivity contribution in [1.29, 1.82) is 5.26 Å². The first-order chi connectivity index (χ1) is 27.1. The van der Waals surface area contributed by atoms with Crippen LogP contribution in [0.5, 0.6) is 11.8 Å². The number of aromatic nitrogens is 3. The van der Waals surface area contributed by atoms with Crippen LogP contribution in [-0.2, 0) is 24.3 Å². The van der Waals surface area contributed by atoms with Gasteiger partial charge >= 0.3 is 5.97 Å². The number of likely N-dealkylation sites (tertiary alicyclic amines) is 2. The lowest BCUT2D eigenvalue weighted by Gasteiger charge is -2.20. The molecule has 0 radical (unpaired) electrons. The third-order valence-electron chi connectivity index (χ3n) is 11.4. The van der Waals surface area contributed by atoms with Crippen molar-refractivity contribution in [3.8, 4) is 40.4 Å². The third kappa shape index (κ3) is 7.14. The van der Waals surface area contributed by atoms with Crippen molar-refractivity contribution in [2.24, 2.45) is 10.9 Å². The highest BCUT2D eigenvalue weighted by Gasteiger charge is 2.31. The monoisotopic (exact) mass is 777 g/mol. The summed E-state index contributed by atoms with van der Waals surface area (Å²) in [7, 11) is 3.28. The van der Waals surface area contributed by atoms with Gasteiger partial charge in [0.15, 0.2) is 16.6 Å². The van der Waals surface area contributed by atoms with Gasteiger partial charge in [-0.1, -0.05) is 41.9 Å². The average molecular weight is 778 g/mol. The van der Waals surface area contributed by atoms with Crippen LogP contribution >= 0.6 is 11.6 Å². The van der Waals surface area contributed by atoms with E-state index in [0.29, 0.717) is 90.5 Å². The van der Waals surface area contributed by atoms with Gasteiger partial charge in [0.2, 0.25) is 17.7 Å². The van der Waals surface area contributed by atoms with E-state index in [0.717, 1.165) is 59.2 Å². The highest BCUT2D eigenvalue weighted by Crippen LogP contribution is 2.43. The molecule has 5 heterocycles. The van der Waals surface area contributed by atoms with E-state index in [1.54, 1.807) is 20.4 Å². The first kappa shape index (κ1) is 37.7. The van der Waals surface area contributed by atoms with Crippen LogP contribution in [0.1, 0.15) is 53.2 Å². The van der Waals surface area contributed by atoms with Gasteiger partial charge in [-0.25, -0.2) is 4.98 Å². The van der Waals surface area contributed by atoms with Crippen molar-refractivity contribution in [3.63, 3.8) is 0 Å². The minimum absolute atomic E-state index is 0.254. The van der Waals surface area contributed by atoms with E-state index >= 15 is 0 Å². The molecule has 14 heteroatoms. The average Bonchev–Trinajstić information content (AvgIpc) is 4.02. The van der Waals surface area contributed by atoms with Crippen molar-refractivity contribution in [1.82, 2.24) is 24.3 Å². The fourth-order valence-electron chi connectivity index (χ4n) is 8.50. The van der Waals surface area contributed by atoms with Crippen LogP contribution in [0.15, 0.2) is 58.1 Å². The highest BCUT2D eigenvalue weighted by molar-refractivity contribution is 6.31. The normalized spacial score (nSPS) is 20.1. The molecule has 2 saturated heterocycles. The van der Waals surface area contributed by atoms with E-state index in [2.05, 4.69) is 51.0 Å². The van der Waals surface area contributed by atoms with Crippen molar-refractivity contribution in [2.75, 3.05) is 46.9 Å². The number of carbonyl (C=O) groups is 1. The quantitative estimate of drug-likeness (QED) is 0.168. The Morgan fingerprint density at radius 2 is 1.84 bits per heavy atom. The van der Waals surface area contributed by atoms with E-state index in [4.69, 9.17) is 30.5 Å². The predicted molar refractivity (Wildman–Crippen MR) is 209 cm³/mol. The number of oxazole rings is 1. The van der Waals surface area contributed by atoms with Crippen LogP contribution in [0.3, 0.4) is 0 Å². The van der Waals surface area contributed by atoms with E-state index in [1.807, 2.05) is 28.8 Å². The number of carboxylic acid groups (broad SMARTS) is 1. The Bertz CT molecular complexity index is 2440. The molecule has 8 rings (SSSR count). The van der Waals surface area contributed by atoms with E-state index in [-0.39, 0.29) is 18.1 Å². The van der Waals surface area contributed by atoms with Crippen molar-refractivity contribution >= 4 is 28.7 Å². The van der Waals surface area contributed by atoms with Gasteiger partial charge in [0.1, 0.15) is 22.8 Å². The number of fused-ring (bicyclic) bond motifs is 2. The number of rotatable bonds is 11. The summed E-state index contributed by atoms with van der Waals surface area (Å²) in [6, 6.07) is 16.5. The van der Waals surface area contributed by atoms with Crippen LogP contribution in [0, 0.1) is 24.2 Å². The molecule has 0 amide bonds. The number of β-amino-alcohol motifs (C(OH)–C–C–N with tert-alkyl or cyclic N) is 1. The number of ether oxygens (including phenoxy) is 2. The number of carboxylic acids is 1. The maximum atomic E-state index is 11.5. The number of pyridine rings is 2. The molecule has 56 heavy (non-hydrogen) atoms. The van der Waals surface area contributed by atoms with E-state index in [1.165, 1.54) is 5.56 Å². The maximum Gasteiger partial charge on any atom is 0.307 e. The van der Waals surface area contributed by atoms with Crippen molar-refractivity contribution in [2.45, 2.75) is 57.9 Å². The van der Waals surface area contributed by atoms with Gasteiger partial charge in [0.25, 0.3) is 0 Å². The molecule has 3 aliphatic rings. The van der Waals surface area contributed by atoms with Crippen LogP contribution in [0.4, 0.5) is 0 Å². The number of hydrogen-bond acceptors (Lipinski definition) is 11. The molecular weight excluding hydrogens is 734 g/mol. The zero-order chi connectivity index (χ0) is 39.1. The molecule has 2 N–H and O–H groups in total. The standard InChI is InChI=1S/C42H44ClN7O6/c1-24-29(31-8-5-9-33-32(31)10-11-35(33)55-41-34(43)18-26(39(47-41)54-3)21-49-15-13-28(51)23-49)6-4-7-30(24)40-46-36-37(56-40)27(19-44)22-50(38(36)45-2)17-16-48-14-12-25(20-48)42(52)53/h4-9,18,22,25,28,35,51H,10-17,20-21,23H2,1-3H3,(H,52,53)/b45-38-/t25-,28-,35+/m1/s1. The lowest BCUT2D eigenvalue weighted by molar-refractivity contribution is -0.141. The fourth-order valence-corrected chi connectivity index (χ4v) is 8.72. The Hall–Kier alpha value is -5.26. The molecule has 0 bridgehead atoms. The third-order valence-corrected chi connectivity index (χ3v) is 11.7. The number of benzene rings is 2. The molecule has 2 fully saturated rings. The Morgan fingerprint density at radius 3 is 2.57 bits per heavy atom. The van der Waals surface area contributed by atoms with Crippen LogP contribution in [0.25, 0.3) is 33.7 Å². The summed E-state index contributed by atoms with van der Waals surface area (Å²) in [5, 5.41) is 30.0. The van der Waals surface area contributed by atoms with Gasteiger partial charge in [-0.15, -0.1) is 0 Å². The van der Waals surface area contributed by atoms with Gasteiger partial charge in [-0.05, 0) is 79.1 Å². The molecule has 0 unspecified atom stereocenters. The number of hydrogen-bond donors (Lipinski definition) is 2. The molecule has 3 atom stereocenters. The topological polar surface area (TPSA) is 162 Å². The molecule has 290 valence electrons. The Morgan fingerprint density at radius 1 is 1.05 bits per heavy atom. The van der Waals surface area contributed by atoms with Gasteiger partial charge < -0.3 is 33.6 Å². The highest BCUT2D eigenvalue weighted by atomic mass is 35.5. The van der Waals surface area contributed by atoms with Crippen LogP contribution in [0.2, 0.25) is 5.02 Å². The number of methoxy groups -OCH3 is 1. The lowest BCUT2D eigenvalue weighted by atomic mass is 9.91. The molecule has 0 saturated carbocycles. The number of aliphatic hydroxyl groups excluding tert-OH is 1. The van der Waals surface area contributed by atoms with Crippen LogP contribution in [-0.4, -0.2) is 93.5 Å². The smallest absolute Gasteiger partial charge is 0.307 e. The van der Waals surface area contributed by atoms with Gasteiger partial charge in [0.05, 0.1) is 19.1 Å². The SMILES string of the molecule is C/N=c1/c2nc(-c3cccc(-c4cccc5c4CC[C@@H]5Oc4nc(OC)c(CN5CC[C@@H](O)C5)cc4Cl)c3C)oc2c(C#N)cn1CCN1CC[C@@H](C(=O)O)C1. The summed E-state index contributed by atoms with van der Waals surface area (Å²) in [6.07, 6.45) is 4.09. The molecule has 2 aliphatic heterocycles. The summed E-state index contributed by atoms with van der Waals surface area (Å²) < 4.78 is 20.4. The minimum atomic E-state index is -0.764. The zero-order valence-corrected chi connectivity index (χ0v) is 32.4. The zero-order valence-electron chi connectivity index (χ0n) is 31.7. The first-order valence-electron chi connectivity index (χ1n) is 19.0. The van der Waals surface area contributed by atoms with Crippen molar-refractivity contribution < 1.29 is 28.9 Å². The summed E-state index contributed by atoms with van der Waals surface area (Å²) in [4.78, 5) is 29.9. The maximum absolute atomic E-state index is 11.5. The number of aliphatic carboxylic acids is 1. The summed E-state index contributed by atoms with van der Waals surface area (Å²) >= 11 is 6.76. The number of aliphatic hydroxyl groups is 1. The number of halogens is 1. The van der Waals surface area contributed by atoms with Gasteiger partial charge in [0, 0.05) is 63.6 Å². The van der Waals surface area contributed by atoms with Gasteiger partial charge in [-0.3, -0.25) is 14.7 Å². The Labute approximate surface area is 329 Å². The predicted octanol–water partition coefficient (Wildman–Crippen LogP) is 5.77.